The fourth-order valence-corrected chi connectivity index (χ4v) is 1.50. The van der Waals surface area contributed by atoms with Gasteiger partial charge in [0.2, 0.25) is 0 Å². The van der Waals surface area contributed by atoms with Crippen LogP contribution in [0.4, 0.5) is 0 Å². The van der Waals surface area contributed by atoms with E-state index in [0.717, 1.165) is 37.9 Å². The van der Waals surface area contributed by atoms with Gasteiger partial charge in [-0.15, -0.1) is 12.3 Å². The van der Waals surface area contributed by atoms with Gasteiger partial charge in [-0.2, -0.15) is 11.8 Å². The molecule has 0 radical (unpaired) electrons. The van der Waals surface area contributed by atoms with E-state index in [4.69, 9.17) is 6.42 Å². The lowest BCUT2D eigenvalue weighted by molar-refractivity contribution is 0.152. The molecule has 1 nitrogen and oxygen atoms in total. The molecule has 0 heterocycles. The molecule has 0 spiro atoms. The summed E-state index contributed by atoms with van der Waals surface area (Å²) in [6, 6.07) is 0. The lowest BCUT2D eigenvalue weighted by Crippen LogP contribution is -2.06. The highest BCUT2D eigenvalue weighted by Gasteiger charge is 2.01. The molecule has 2 heteroatoms. The summed E-state index contributed by atoms with van der Waals surface area (Å²) in [7, 11) is 0. The van der Waals surface area contributed by atoms with Crippen molar-refractivity contribution in [1.29, 1.82) is 0 Å². The Labute approximate surface area is 79.9 Å². The average molecular weight is 186 g/mol. The highest BCUT2D eigenvalue weighted by atomic mass is 32.2. The Hall–Kier alpha value is -0.130. The number of rotatable bonds is 7. The number of hydrogen-bond donors (Lipinski definition) is 1. The maximum atomic E-state index is 9.42. The van der Waals surface area contributed by atoms with Crippen molar-refractivity contribution in [2.24, 2.45) is 0 Å². The van der Waals surface area contributed by atoms with Gasteiger partial charge in [0, 0.05) is 6.42 Å². The molecule has 12 heavy (non-hydrogen) atoms. The topological polar surface area (TPSA) is 20.2 Å². The molecule has 70 valence electrons. The fourth-order valence-electron chi connectivity index (χ4n) is 1.05. The van der Waals surface area contributed by atoms with Crippen LogP contribution >= 0.6 is 11.8 Å². The van der Waals surface area contributed by atoms with E-state index in [1.54, 1.807) is 0 Å². The van der Waals surface area contributed by atoms with Crippen LogP contribution in [0.25, 0.3) is 0 Å². The molecule has 0 bridgehead atoms. The van der Waals surface area contributed by atoms with E-state index in [9.17, 15) is 5.11 Å². The van der Waals surface area contributed by atoms with Crippen LogP contribution in [-0.2, 0) is 0 Å². The molecule has 0 aliphatic heterocycles. The summed E-state index contributed by atoms with van der Waals surface area (Å²) in [4.78, 5) is 0. The van der Waals surface area contributed by atoms with Gasteiger partial charge >= 0.3 is 0 Å². The molecule has 1 atom stereocenters. The van der Waals surface area contributed by atoms with Gasteiger partial charge in [0.1, 0.15) is 0 Å². The van der Waals surface area contributed by atoms with E-state index >= 15 is 0 Å². The van der Waals surface area contributed by atoms with Gasteiger partial charge in [0.15, 0.2) is 0 Å². The number of thioether (sulfide) groups is 1. The Morgan fingerprint density at radius 1 is 1.42 bits per heavy atom. The second-order valence-electron chi connectivity index (χ2n) is 2.89. The minimum Gasteiger partial charge on any atom is -0.393 e. The van der Waals surface area contributed by atoms with E-state index in [0.29, 0.717) is 0 Å². The van der Waals surface area contributed by atoms with Gasteiger partial charge < -0.3 is 5.11 Å². The first-order chi connectivity index (χ1) is 5.81. The largest absolute Gasteiger partial charge is 0.393 e. The van der Waals surface area contributed by atoms with Crippen molar-refractivity contribution in [3.8, 4) is 12.3 Å². The molecule has 1 N–H and O–H groups in total. The average Bonchev–Trinajstić information content (AvgIpc) is 2.06. The molecule has 0 fully saturated rings. The molecule has 0 saturated carbocycles. The molecule has 0 aliphatic rings. The van der Waals surface area contributed by atoms with Crippen LogP contribution in [-0.4, -0.2) is 23.2 Å². The second kappa shape index (κ2) is 8.96. The number of terminal acetylenes is 1. The highest BCUT2D eigenvalue weighted by Crippen LogP contribution is 2.08. The number of aliphatic hydroxyl groups excluding tert-OH is 1. The monoisotopic (exact) mass is 186 g/mol. The Morgan fingerprint density at radius 3 is 2.67 bits per heavy atom. The minimum absolute atomic E-state index is 0.134. The first-order valence-corrected chi connectivity index (χ1v) is 5.81. The van der Waals surface area contributed by atoms with Crippen molar-refractivity contribution in [2.75, 3.05) is 12.0 Å². The highest BCUT2D eigenvalue weighted by molar-refractivity contribution is 7.98. The quantitative estimate of drug-likeness (QED) is 0.486. The van der Waals surface area contributed by atoms with E-state index in [1.165, 1.54) is 0 Å². The predicted molar refractivity (Wildman–Crippen MR) is 56.3 cm³/mol. The van der Waals surface area contributed by atoms with Crippen molar-refractivity contribution in [3.05, 3.63) is 0 Å². The van der Waals surface area contributed by atoms with Crippen molar-refractivity contribution < 1.29 is 5.11 Å². The molecule has 0 aromatic carbocycles. The standard InChI is InChI=1S/C10H18OS/c1-3-4-5-7-10(11)8-6-9-12-2/h1,10-11H,4-9H2,2H3. The first-order valence-electron chi connectivity index (χ1n) is 4.41. The molecule has 0 aromatic heterocycles. The Morgan fingerprint density at radius 2 is 2.08 bits per heavy atom. The maximum Gasteiger partial charge on any atom is 0.0540 e. The molecule has 0 saturated heterocycles. The zero-order chi connectivity index (χ0) is 9.23. The summed E-state index contributed by atoms with van der Waals surface area (Å²) >= 11 is 1.83. The smallest absolute Gasteiger partial charge is 0.0540 e. The van der Waals surface area contributed by atoms with Crippen LogP contribution in [0, 0.1) is 12.3 Å². The van der Waals surface area contributed by atoms with Gasteiger partial charge in [0.25, 0.3) is 0 Å². The number of aliphatic hydroxyl groups is 1. The third-order valence-corrected chi connectivity index (χ3v) is 2.44. The molecule has 0 aliphatic carbocycles. The summed E-state index contributed by atoms with van der Waals surface area (Å²) < 4.78 is 0. The number of unbranched alkanes of at least 4 members (excludes halogenated alkanes) is 1. The summed E-state index contributed by atoms with van der Waals surface area (Å²) in [6.07, 6.45) is 11.7. The van der Waals surface area contributed by atoms with Crippen molar-refractivity contribution >= 4 is 11.8 Å². The van der Waals surface area contributed by atoms with Crippen molar-refractivity contribution in [2.45, 2.75) is 38.2 Å². The van der Waals surface area contributed by atoms with Crippen molar-refractivity contribution in [3.63, 3.8) is 0 Å². The molecular formula is C10H18OS. The van der Waals surface area contributed by atoms with Gasteiger partial charge in [-0.05, 0) is 37.7 Å². The van der Waals surface area contributed by atoms with Gasteiger partial charge in [-0.1, -0.05) is 0 Å². The van der Waals surface area contributed by atoms with E-state index in [-0.39, 0.29) is 6.10 Å². The first kappa shape index (κ1) is 11.9. The summed E-state index contributed by atoms with van der Waals surface area (Å²) in [6.45, 7) is 0. The fraction of sp³-hybridized carbons (Fsp3) is 0.800. The molecule has 0 aromatic rings. The summed E-state index contributed by atoms with van der Waals surface area (Å²) in [5, 5.41) is 9.42. The Bertz CT molecular complexity index is 128. The van der Waals surface area contributed by atoms with Gasteiger partial charge in [-0.25, -0.2) is 0 Å². The Kier molecular flexibility index (Phi) is 8.86. The minimum atomic E-state index is -0.134. The van der Waals surface area contributed by atoms with Crippen LogP contribution < -0.4 is 0 Å². The van der Waals surface area contributed by atoms with Crippen LogP contribution in [0.1, 0.15) is 32.1 Å². The van der Waals surface area contributed by atoms with E-state index in [1.807, 2.05) is 11.8 Å². The SMILES string of the molecule is C#CCCCC(O)CCCSC. The lowest BCUT2D eigenvalue weighted by Gasteiger charge is -2.07. The summed E-state index contributed by atoms with van der Waals surface area (Å²) in [5.74, 6) is 3.72. The zero-order valence-corrected chi connectivity index (χ0v) is 8.57. The molecular weight excluding hydrogens is 168 g/mol. The second-order valence-corrected chi connectivity index (χ2v) is 3.87. The normalized spacial score (nSPS) is 12.4. The zero-order valence-electron chi connectivity index (χ0n) is 7.75. The van der Waals surface area contributed by atoms with E-state index in [2.05, 4.69) is 12.2 Å². The van der Waals surface area contributed by atoms with Gasteiger partial charge in [0.05, 0.1) is 6.10 Å². The van der Waals surface area contributed by atoms with Gasteiger partial charge in [-0.3, -0.25) is 0 Å². The number of hydrogen-bond acceptors (Lipinski definition) is 2. The molecule has 0 amide bonds. The predicted octanol–water partition coefficient (Wildman–Crippen LogP) is 2.29. The van der Waals surface area contributed by atoms with Crippen LogP contribution in [0.3, 0.4) is 0 Å². The summed E-state index contributed by atoms with van der Waals surface area (Å²) in [5.41, 5.74) is 0. The van der Waals surface area contributed by atoms with E-state index < -0.39 is 0 Å². The maximum absolute atomic E-state index is 9.42. The third kappa shape index (κ3) is 7.97. The Balaban J connectivity index is 3.11. The molecule has 1 unspecified atom stereocenters. The van der Waals surface area contributed by atoms with Crippen LogP contribution in [0.15, 0.2) is 0 Å². The third-order valence-electron chi connectivity index (χ3n) is 1.74. The lowest BCUT2D eigenvalue weighted by atomic mass is 10.1. The van der Waals surface area contributed by atoms with Crippen LogP contribution in [0.2, 0.25) is 0 Å². The van der Waals surface area contributed by atoms with Crippen LogP contribution in [0.5, 0.6) is 0 Å². The molecule has 0 rings (SSSR count). The van der Waals surface area contributed by atoms with Crippen molar-refractivity contribution in [1.82, 2.24) is 0 Å².